The molecule has 0 radical (unpaired) electrons. The summed E-state index contributed by atoms with van der Waals surface area (Å²) in [5, 5.41) is 11.1. The summed E-state index contributed by atoms with van der Waals surface area (Å²) in [6.07, 6.45) is -0.946. The molecule has 5 heteroatoms. The van der Waals surface area contributed by atoms with E-state index >= 15 is 0 Å². The van der Waals surface area contributed by atoms with E-state index in [1.54, 1.807) is 0 Å². The van der Waals surface area contributed by atoms with Gasteiger partial charge in [0.15, 0.2) is 0 Å². The van der Waals surface area contributed by atoms with Gasteiger partial charge in [0.2, 0.25) is 0 Å². The molecule has 23 heavy (non-hydrogen) atoms. The summed E-state index contributed by atoms with van der Waals surface area (Å²) >= 11 is 0. The van der Waals surface area contributed by atoms with E-state index in [1.165, 1.54) is 5.06 Å². The lowest BCUT2D eigenvalue weighted by atomic mass is 10.2. The highest BCUT2D eigenvalue weighted by Gasteiger charge is 2.23. The Bertz CT molecular complexity index is 590. The lowest BCUT2D eigenvalue weighted by molar-refractivity contribution is -0.203. The summed E-state index contributed by atoms with van der Waals surface area (Å²) in [7, 11) is 0. The number of benzene rings is 2. The van der Waals surface area contributed by atoms with Crippen LogP contribution >= 0.6 is 0 Å². The first kappa shape index (κ1) is 17.1. The number of aliphatic hydroxyl groups excluding tert-OH is 1. The third-order valence-electron chi connectivity index (χ3n) is 3.37. The fourth-order valence-corrected chi connectivity index (χ4v) is 2.11. The van der Waals surface area contributed by atoms with Crippen molar-refractivity contribution in [2.24, 2.45) is 5.73 Å². The number of hydrogen-bond acceptors (Lipinski definition) is 4. The van der Waals surface area contributed by atoms with Crippen molar-refractivity contribution in [3.05, 3.63) is 71.8 Å². The van der Waals surface area contributed by atoms with Gasteiger partial charge < -0.3 is 10.8 Å². The third kappa shape index (κ3) is 5.49. The van der Waals surface area contributed by atoms with Crippen molar-refractivity contribution < 1.29 is 14.7 Å². The van der Waals surface area contributed by atoms with E-state index in [9.17, 15) is 9.90 Å². The number of aliphatic hydroxyl groups is 1. The SMILES string of the molecule is NCCC(O)C(=O)N(Cc1ccccc1)OCc1ccccc1. The highest BCUT2D eigenvalue weighted by molar-refractivity contribution is 5.79. The summed E-state index contributed by atoms with van der Waals surface area (Å²) in [6.45, 7) is 0.771. The van der Waals surface area contributed by atoms with E-state index in [1.807, 2.05) is 60.7 Å². The van der Waals surface area contributed by atoms with Crippen LogP contribution in [0.15, 0.2) is 60.7 Å². The predicted molar refractivity (Wildman–Crippen MR) is 87.9 cm³/mol. The van der Waals surface area contributed by atoms with Crippen molar-refractivity contribution >= 4 is 5.91 Å². The number of carbonyl (C=O) groups is 1. The molecule has 0 fully saturated rings. The Morgan fingerprint density at radius 3 is 2.17 bits per heavy atom. The van der Waals surface area contributed by atoms with Gasteiger partial charge in [0.1, 0.15) is 12.7 Å². The van der Waals surface area contributed by atoms with Crippen LogP contribution in [0.4, 0.5) is 0 Å². The molecule has 0 aliphatic heterocycles. The molecule has 0 spiro atoms. The maximum absolute atomic E-state index is 12.4. The standard InChI is InChI=1S/C18H22N2O3/c19-12-11-17(21)18(22)20(13-15-7-3-1-4-8-15)23-14-16-9-5-2-6-10-16/h1-10,17,21H,11-14,19H2. The van der Waals surface area contributed by atoms with Gasteiger partial charge in [-0.3, -0.25) is 9.63 Å². The minimum absolute atomic E-state index is 0.207. The van der Waals surface area contributed by atoms with Crippen LogP contribution in [-0.2, 0) is 22.8 Å². The molecule has 1 amide bonds. The summed E-state index contributed by atoms with van der Waals surface area (Å²) < 4.78 is 0. The minimum atomic E-state index is -1.15. The molecular formula is C18H22N2O3. The third-order valence-corrected chi connectivity index (χ3v) is 3.37. The highest BCUT2D eigenvalue weighted by atomic mass is 16.7. The van der Waals surface area contributed by atoms with Gasteiger partial charge in [-0.2, -0.15) is 0 Å². The first-order chi connectivity index (χ1) is 11.2. The van der Waals surface area contributed by atoms with Crippen molar-refractivity contribution in [1.82, 2.24) is 5.06 Å². The second kappa shape index (κ2) is 9.05. The summed E-state index contributed by atoms with van der Waals surface area (Å²) in [5.41, 5.74) is 7.29. The number of nitrogens with zero attached hydrogens (tertiary/aromatic N) is 1. The van der Waals surface area contributed by atoms with Crippen LogP contribution in [0.25, 0.3) is 0 Å². The number of carbonyl (C=O) groups excluding carboxylic acids is 1. The molecule has 0 aliphatic carbocycles. The zero-order valence-electron chi connectivity index (χ0n) is 13.0. The van der Waals surface area contributed by atoms with Crippen LogP contribution in [0.5, 0.6) is 0 Å². The molecule has 2 aromatic rings. The van der Waals surface area contributed by atoms with Crippen LogP contribution in [-0.4, -0.2) is 28.7 Å². The zero-order chi connectivity index (χ0) is 16.5. The fourth-order valence-electron chi connectivity index (χ4n) is 2.11. The normalized spacial score (nSPS) is 11.9. The average Bonchev–Trinajstić information content (AvgIpc) is 2.60. The molecule has 3 N–H and O–H groups in total. The number of hydroxylamine groups is 2. The molecule has 1 atom stereocenters. The Morgan fingerprint density at radius 1 is 1.04 bits per heavy atom. The summed E-state index contributed by atoms with van der Waals surface area (Å²) in [5.74, 6) is -0.477. The minimum Gasteiger partial charge on any atom is -0.383 e. The van der Waals surface area contributed by atoms with Crippen LogP contribution in [0.3, 0.4) is 0 Å². The largest absolute Gasteiger partial charge is 0.383 e. The van der Waals surface area contributed by atoms with Gasteiger partial charge in [0.05, 0.1) is 6.54 Å². The number of hydrogen-bond donors (Lipinski definition) is 2. The van der Waals surface area contributed by atoms with Crippen LogP contribution in [0.2, 0.25) is 0 Å². The van der Waals surface area contributed by atoms with Crippen LogP contribution < -0.4 is 5.73 Å². The lowest BCUT2D eigenvalue weighted by Gasteiger charge is -2.24. The Kier molecular flexibility index (Phi) is 6.75. The van der Waals surface area contributed by atoms with Gasteiger partial charge in [0.25, 0.3) is 5.91 Å². The van der Waals surface area contributed by atoms with Crippen LogP contribution in [0, 0.1) is 0 Å². The smallest absolute Gasteiger partial charge is 0.275 e. The van der Waals surface area contributed by atoms with E-state index in [-0.39, 0.29) is 26.1 Å². The van der Waals surface area contributed by atoms with Crippen molar-refractivity contribution in [3.8, 4) is 0 Å². The van der Waals surface area contributed by atoms with Crippen molar-refractivity contribution in [2.75, 3.05) is 6.54 Å². The summed E-state index contributed by atoms with van der Waals surface area (Å²) in [6, 6.07) is 19.1. The summed E-state index contributed by atoms with van der Waals surface area (Å²) in [4.78, 5) is 18.0. The first-order valence-corrected chi connectivity index (χ1v) is 7.61. The van der Waals surface area contributed by atoms with Crippen molar-refractivity contribution in [2.45, 2.75) is 25.7 Å². The molecule has 0 saturated carbocycles. The molecule has 122 valence electrons. The fraction of sp³-hybridized carbons (Fsp3) is 0.278. The Morgan fingerprint density at radius 2 is 1.61 bits per heavy atom. The van der Waals surface area contributed by atoms with Gasteiger partial charge in [-0.25, -0.2) is 5.06 Å². The van der Waals surface area contributed by atoms with E-state index < -0.39 is 12.0 Å². The highest BCUT2D eigenvalue weighted by Crippen LogP contribution is 2.11. The Hall–Kier alpha value is -2.21. The average molecular weight is 314 g/mol. The predicted octanol–water partition coefficient (Wildman–Crippen LogP) is 1.86. The number of nitrogens with two attached hydrogens (primary N) is 1. The van der Waals surface area contributed by atoms with Gasteiger partial charge in [-0.15, -0.1) is 0 Å². The second-order valence-corrected chi connectivity index (χ2v) is 5.21. The molecule has 2 rings (SSSR count). The molecule has 2 aromatic carbocycles. The van der Waals surface area contributed by atoms with Crippen molar-refractivity contribution in [1.29, 1.82) is 0 Å². The van der Waals surface area contributed by atoms with Crippen LogP contribution in [0.1, 0.15) is 17.5 Å². The zero-order valence-corrected chi connectivity index (χ0v) is 13.0. The molecule has 0 aromatic heterocycles. The van der Waals surface area contributed by atoms with Gasteiger partial charge in [-0.1, -0.05) is 60.7 Å². The maximum Gasteiger partial charge on any atom is 0.275 e. The van der Waals surface area contributed by atoms with E-state index in [0.717, 1.165) is 11.1 Å². The molecule has 0 bridgehead atoms. The quantitative estimate of drug-likeness (QED) is 0.729. The van der Waals surface area contributed by atoms with Crippen molar-refractivity contribution in [3.63, 3.8) is 0 Å². The lowest BCUT2D eigenvalue weighted by Crippen LogP contribution is -2.39. The molecule has 5 nitrogen and oxygen atoms in total. The van der Waals surface area contributed by atoms with Gasteiger partial charge >= 0.3 is 0 Å². The van der Waals surface area contributed by atoms with E-state index in [4.69, 9.17) is 10.6 Å². The van der Waals surface area contributed by atoms with Gasteiger partial charge in [0, 0.05) is 0 Å². The number of amides is 1. The molecule has 1 unspecified atom stereocenters. The molecule has 0 saturated heterocycles. The monoisotopic (exact) mass is 314 g/mol. The van der Waals surface area contributed by atoms with E-state index in [2.05, 4.69) is 0 Å². The second-order valence-electron chi connectivity index (χ2n) is 5.21. The topological polar surface area (TPSA) is 75.8 Å². The van der Waals surface area contributed by atoms with E-state index in [0.29, 0.717) is 0 Å². The molecule has 0 heterocycles. The Balaban J connectivity index is 2.05. The first-order valence-electron chi connectivity index (χ1n) is 7.61. The maximum atomic E-state index is 12.4. The number of rotatable bonds is 8. The Labute approximate surface area is 136 Å². The molecule has 0 aliphatic rings. The van der Waals surface area contributed by atoms with Gasteiger partial charge in [-0.05, 0) is 24.1 Å². The molecular weight excluding hydrogens is 292 g/mol.